The third-order valence-corrected chi connectivity index (χ3v) is 5.36. The number of nitrogens with zero attached hydrogens (tertiary/aromatic N) is 1. The molecule has 0 saturated heterocycles. The van der Waals surface area contributed by atoms with Crippen LogP contribution in [0.15, 0.2) is 29.6 Å². The maximum Gasteiger partial charge on any atom is 0.312 e. The number of ether oxygens (including phenoxy) is 1. The molecule has 2 aromatic rings. The van der Waals surface area contributed by atoms with Crippen LogP contribution in [0.4, 0.5) is 5.69 Å². The Morgan fingerprint density at radius 2 is 2.13 bits per heavy atom. The molecule has 0 saturated carbocycles. The molecule has 8 heteroatoms. The highest BCUT2D eigenvalue weighted by Crippen LogP contribution is 2.40. The first kappa shape index (κ1) is 16.0. The fourth-order valence-corrected chi connectivity index (χ4v) is 3.96. The lowest BCUT2D eigenvalue weighted by atomic mass is 9.93. The van der Waals surface area contributed by atoms with Gasteiger partial charge in [-0.15, -0.1) is 11.3 Å². The molecule has 0 bridgehead atoms. The van der Waals surface area contributed by atoms with Crippen molar-refractivity contribution in [2.45, 2.75) is 25.0 Å². The van der Waals surface area contributed by atoms with E-state index < -0.39 is 21.3 Å². The molecule has 0 fully saturated rings. The number of nitriles is 1. The van der Waals surface area contributed by atoms with E-state index in [9.17, 15) is 13.0 Å². The van der Waals surface area contributed by atoms with Gasteiger partial charge in [0.1, 0.15) is 6.07 Å². The highest BCUT2D eigenvalue weighted by atomic mass is 32.2. The van der Waals surface area contributed by atoms with Crippen LogP contribution in [0.2, 0.25) is 0 Å². The monoisotopic (exact) mass is 350 g/mol. The summed E-state index contributed by atoms with van der Waals surface area (Å²) < 4.78 is 37.4. The standard InChI is InChI=1S/C15H14N2O4S2/c1-15(2)11-6-10(13-5-9(7-16)8-22-13)3-4-12(11)17-14(21-15)23(18,19)20/h3-6,8,14,17H,1-2H3,(H,18,19,20). The zero-order valence-electron chi connectivity index (χ0n) is 12.4. The van der Waals surface area contributed by atoms with Crippen LogP contribution in [0.1, 0.15) is 25.0 Å². The van der Waals surface area contributed by atoms with Crippen LogP contribution in [0.25, 0.3) is 10.4 Å². The van der Waals surface area contributed by atoms with Crippen LogP contribution >= 0.6 is 11.3 Å². The first-order valence-corrected chi connectivity index (χ1v) is 9.13. The van der Waals surface area contributed by atoms with Crippen LogP contribution in [-0.4, -0.2) is 18.5 Å². The van der Waals surface area contributed by atoms with Crippen molar-refractivity contribution in [1.82, 2.24) is 0 Å². The average molecular weight is 350 g/mol. The molecule has 0 amide bonds. The number of thiophene rings is 1. The average Bonchev–Trinajstić information content (AvgIpc) is 2.94. The molecule has 0 aliphatic carbocycles. The highest BCUT2D eigenvalue weighted by Gasteiger charge is 2.39. The van der Waals surface area contributed by atoms with Gasteiger partial charge in [0.05, 0.1) is 11.2 Å². The maximum absolute atomic E-state index is 11.3. The summed E-state index contributed by atoms with van der Waals surface area (Å²) in [6.45, 7) is 3.48. The zero-order chi connectivity index (χ0) is 16.8. The van der Waals surface area contributed by atoms with Crippen molar-refractivity contribution in [1.29, 1.82) is 5.26 Å². The minimum absolute atomic E-state index is 0.588. The van der Waals surface area contributed by atoms with E-state index in [1.807, 2.05) is 12.1 Å². The molecule has 1 atom stereocenters. The number of nitrogens with one attached hydrogen (secondary N) is 1. The van der Waals surface area contributed by atoms with Crippen molar-refractivity contribution in [2.75, 3.05) is 5.32 Å². The van der Waals surface area contributed by atoms with Gasteiger partial charge in [-0.2, -0.15) is 13.7 Å². The Bertz CT molecular complexity index is 910. The quantitative estimate of drug-likeness (QED) is 0.807. The Morgan fingerprint density at radius 3 is 2.74 bits per heavy atom. The fraction of sp³-hybridized carbons (Fsp3) is 0.267. The van der Waals surface area contributed by atoms with E-state index in [1.165, 1.54) is 11.3 Å². The van der Waals surface area contributed by atoms with Gasteiger partial charge >= 0.3 is 10.1 Å². The summed E-state index contributed by atoms with van der Waals surface area (Å²) in [5, 5.41) is 13.4. The Balaban J connectivity index is 2.05. The molecule has 0 spiro atoms. The van der Waals surface area contributed by atoms with Gasteiger partial charge in [-0.25, -0.2) is 0 Å². The summed E-state index contributed by atoms with van der Waals surface area (Å²) in [4.78, 5) is 0.942. The van der Waals surface area contributed by atoms with Crippen molar-refractivity contribution in [2.24, 2.45) is 0 Å². The Labute approximate surface area is 138 Å². The van der Waals surface area contributed by atoms with Gasteiger partial charge in [0.15, 0.2) is 0 Å². The smallest absolute Gasteiger partial charge is 0.312 e. The van der Waals surface area contributed by atoms with Crippen molar-refractivity contribution in [3.63, 3.8) is 0 Å². The summed E-state index contributed by atoms with van der Waals surface area (Å²) in [6.07, 6.45) is 0. The van der Waals surface area contributed by atoms with Gasteiger partial charge in [-0.3, -0.25) is 4.55 Å². The van der Waals surface area contributed by atoms with Gasteiger partial charge in [-0.05, 0) is 37.6 Å². The van der Waals surface area contributed by atoms with Gasteiger partial charge in [-0.1, -0.05) is 6.07 Å². The Kier molecular flexibility index (Phi) is 3.69. The molecule has 2 N–H and O–H groups in total. The molecule has 3 rings (SSSR count). The molecule has 120 valence electrons. The van der Waals surface area contributed by atoms with E-state index in [0.717, 1.165) is 16.0 Å². The normalized spacial score (nSPS) is 19.5. The number of fused-ring (bicyclic) bond motifs is 1. The third-order valence-electron chi connectivity index (χ3n) is 3.63. The molecule has 1 unspecified atom stereocenters. The molecular weight excluding hydrogens is 336 g/mol. The van der Waals surface area contributed by atoms with Crippen LogP contribution in [0.5, 0.6) is 0 Å². The third kappa shape index (κ3) is 2.96. The molecule has 1 aliphatic heterocycles. The number of hydrogen-bond acceptors (Lipinski definition) is 6. The molecule has 23 heavy (non-hydrogen) atoms. The van der Waals surface area contributed by atoms with E-state index >= 15 is 0 Å². The zero-order valence-corrected chi connectivity index (χ0v) is 14.0. The number of hydrogen-bond donors (Lipinski definition) is 2. The van der Waals surface area contributed by atoms with Crippen molar-refractivity contribution in [3.8, 4) is 16.5 Å². The summed E-state index contributed by atoms with van der Waals surface area (Å²) in [5.41, 5.74) is 0.489. The molecule has 2 heterocycles. The Hall–Kier alpha value is -1.92. The lowest BCUT2D eigenvalue weighted by Gasteiger charge is -2.37. The van der Waals surface area contributed by atoms with Crippen LogP contribution in [-0.2, 0) is 20.5 Å². The van der Waals surface area contributed by atoms with Crippen LogP contribution < -0.4 is 5.32 Å². The first-order valence-electron chi connectivity index (χ1n) is 6.75. The number of anilines is 1. The minimum atomic E-state index is -4.37. The van der Waals surface area contributed by atoms with E-state index in [2.05, 4.69) is 11.4 Å². The second-order valence-corrected chi connectivity index (χ2v) is 8.06. The SMILES string of the molecule is CC1(C)OC(S(=O)(=O)O)Nc2ccc(-c3cc(C#N)cs3)cc21. The van der Waals surface area contributed by atoms with E-state index in [1.54, 1.807) is 31.4 Å². The number of rotatable bonds is 2. The second kappa shape index (κ2) is 5.32. The lowest BCUT2D eigenvalue weighted by Crippen LogP contribution is -2.43. The maximum atomic E-state index is 11.3. The van der Waals surface area contributed by atoms with E-state index in [-0.39, 0.29) is 0 Å². The van der Waals surface area contributed by atoms with Gasteiger partial charge < -0.3 is 10.1 Å². The summed E-state index contributed by atoms with van der Waals surface area (Å²) >= 11 is 1.46. The first-order chi connectivity index (χ1) is 10.7. The van der Waals surface area contributed by atoms with Gasteiger partial charge in [0.2, 0.25) is 0 Å². The van der Waals surface area contributed by atoms with E-state index in [4.69, 9.17) is 10.00 Å². The molecular formula is C15H14N2O4S2. The summed E-state index contributed by atoms with van der Waals surface area (Å²) in [6, 6.07) is 9.38. The predicted molar refractivity (Wildman–Crippen MR) is 87.5 cm³/mol. The number of benzene rings is 1. The molecule has 1 aromatic carbocycles. The second-order valence-electron chi connectivity index (χ2n) is 5.69. The molecule has 0 radical (unpaired) electrons. The van der Waals surface area contributed by atoms with Crippen molar-refractivity contribution < 1.29 is 17.7 Å². The predicted octanol–water partition coefficient (Wildman–Crippen LogP) is 3.14. The lowest BCUT2D eigenvalue weighted by molar-refractivity contribution is -0.0406. The van der Waals surface area contributed by atoms with E-state index in [0.29, 0.717) is 11.3 Å². The largest absolute Gasteiger partial charge is 0.345 e. The van der Waals surface area contributed by atoms with Gasteiger partial charge in [0, 0.05) is 21.5 Å². The fourth-order valence-electron chi connectivity index (χ4n) is 2.49. The summed E-state index contributed by atoms with van der Waals surface area (Å²) in [7, 11) is -4.37. The van der Waals surface area contributed by atoms with Crippen LogP contribution in [0.3, 0.4) is 0 Å². The van der Waals surface area contributed by atoms with Crippen LogP contribution in [0, 0.1) is 11.3 Å². The summed E-state index contributed by atoms with van der Waals surface area (Å²) in [5.74, 6) is 0. The van der Waals surface area contributed by atoms with Gasteiger partial charge in [0.25, 0.3) is 5.56 Å². The van der Waals surface area contributed by atoms with Crippen molar-refractivity contribution in [3.05, 3.63) is 40.8 Å². The minimum Gasteiger partial charge on any atom is -0.345 e. The highest BCUT2D eigenvalue weighted by molar-refractivity contribution is 7.86. The molecule has 6 nitrogen and oxygen atoms in total. The van der Waals surface area contributed by atoms with Crippen molar-refractivity contribution >= 4 is 27.1 Å². The topological polar surface area (TPSA) is 99.4 Å². The molecule has 1 aromatic heterocycles. The Morgan fingerprint density at radius 1 is 1.39 bits per heavy atom. The molecule has 1 aliphatic rings.